The molecule has 19 heavy (non-hydrogen) atoms. The van der Waals surface area contributed by atoms with Crippen LogP contribution in [0, 0.1) is 5.41 Å². The lowest BCUT2D eigenvalue weighted by atomic mass is 10.1. The summed E-state index contributed by atoms with van der Waals surface area (Å²) in [7, 11) is 0. The molecule has 1 saturated carbocycles. The first-order valence-corrected chi connectivity index (χ1v) is 7.15. The van der Waals surface area contributed by atoms with Crippen LogP contribution in [0.4, 0.5) is 0 Å². The number of ether oxygens (including phenoxy) is 1. The molecule has 0 spiro atoms. The van der Waals surface area contributed by atoms with E-state index >= 15 is 0 Å². The zero-order valence-electron chi connectivity index (χ0n) is 10.9. The number of rotatable bonds is 6. The number of hydrogen-bond acceptors (Lipinski definition) is 3. The molecule has 1 amide bonds. The highest BCUT2D eigenvalue weighted by atomic mass is 79.9. The average Bonchev–Trinajstić information content (AvgIpc) is 3.16. The standard InChI is InChI=1S/C14H18BrNO3/c1-10(19-12-4-2-3-11(15)7-12)13(18)16-8-14(9-17)5-6-14/h2-4,7,10,17H,5-6,8-9H2,1H3,(H,16,18). The number of nitrogens with one attached hydrogen (secondary N) is 1. The van der Waals surface area contributed by atoms with Gasteiger partial charge in [0.2, 0.25) is 0 Å². The van der Waals surface area contributed by atoms with E-state index in [1.807, 2.05) is 24.3 Å². The van der Waals surface area contributed by atoms with Crippen LogP contribution in [0.15, 0.2) is 28.7 Å². The second-order valence-electron chi connectivity index (χ2n) is 5.09. The van der Waals surface area contributed by atoms with Crippen molar-refractivity contribution >= 4 is 21.8 Å². The van der Waals surface area contributed by atoms with Gasteiger partial charge in [0.15, 0.2) is 6.10 Å². The molecule has 4 nitrogen and oxygen atoms in total. The third kappa shape index (κ3) is 3.94. The average molecular weight is 328 g/mol. The van der Waals surface area contributed by atoms with Gasteiger partial charge in [0.25, 0.3) is 5.91 Å². The predicted octanol–water partition coefficient (Wildman–Crippen LogP) is 2.11. The van der Waals surface area contributed by atoms with Gasteiger partial charge in [-0.2, -0.15) is 0 Å². The Bertz CT molecular complexity index is 460. The Morgan fingerprint density at radius 2 is 2.32 bits per heavy atom. The van der Waals surface area contributed by atoms with E-state index in [2.05, 4.69) is 21.2 Å². The Balaban J connectivity index is 1.82. The number of halogens is 1. The minimum atomic E-state index is -0.552. The number of hydrogen-bond donors (Lipinski definition) is 2. The van der Waals surface area contributed by atoms with Crippen LogP contribution in [0.25, 0.3) is 0 Å². The lowest BCUT2D eigenvalue weighted by Crippen LogP contribution is -2.40. The van der Waals surface area contributed by atoms with Gasteiger partial charge in [-0.1, -0.05) is 22.0 Å². The number of amides is 1. The first kappa shape index (κ1) is 14.3. The molecule has 0 aliphatic heterocycles. The van der Waals surface area contributed by atoms with Crippen LogP contribution in [0.2, 0.25) is 0 Å². The summed E-state index contributed by atoms with van der Waals surface area (Å²) in [6, 6.07) is 7.38. The maximum atomic E-state index is 11.9. The number of aliphatic hydroxyl groups excluding tert-OH is 1. The van der Waals surface area contributed by atoms with E-state index in [4.69, 9.17) is 4.74 Å². The zero-order chi connectivity index (χ0) is 13.9. The van der Waals surface area contributed by atoms with Crippen molar-refractivity contribution in [3.05, 3.63) is 28.7 Å². The summed E-state index contributed by atoms with van der Waals surface area (Å²) in [5, 5.41) is 12.0. The van der Waals surface area contributed by atoms with Crippen molar-refractivity contribution in [1.82, 2.24) is 5.32 Å². The molecular formula is C14H18BrNO3. The number of benzene rings is 1. The Morgan fingerprint density at radius 1 is 1.58 bits per heavy atom. The first-order chi connectivity index (χ1) is 9.04. The highest BCUT2D eigenvalue weighted by molar-refractivity contribution is 9.10. The summed E-state index contributed by atoms with van der Waals surface area (Å²) in [5.41, 5.74) is -0.0782. The van der Waals surface area contributed by atoms with Crippen LogP contribution < -0.4 is 10.1 Å². The van der Waals surface area contributed by atoms with Gasteiger partial charge in [-0.3, -0.25) is 4.79 Å². The van der Waals surface area contributed by atoms with Crippen molar-refractivity contribution in [2.24, 2.45) is 5.41 Å². The summed E-state index contributed by atoms with van der Waals surface area (Å²) < 4.78 is 6.48. The fourth-order valence-electron chi connectivity index (χ4n) is 1.78. The molecule has 2 N–H and O–H groups in total. The quantitative estimate of drug-likeness (QED) is 0.841. The summed E-state index contributed by atoms with van der Waals surface area (Å²) in [6.45, 7) is 2.37. The topological polar surface area (TPSA) is 58.6 Å². The van der Waals surface area contributed by atoms with Crippen LogP contribution in [-0.4, -0.2) is 30.3 Å². The molecule has 1 aliphatic rings. The number of carbonyl (C=O) groups is 1. The normalized spacial score (nSPS) is 17.6. The molecule has 1 aliphatic carbocycles. The predicted molar refractivity (Wildman–Crippen MR) is 76.0 cm³/mol. The number of aliphatic hydroxyl groups is 1. The fraction of sp³-hybridized carbons (Fsp3) is 0.500. The molecule has 1 atom stereocenters. The van der Waals surface area contributed by atoms with Crippen molar-refractivity contribution in [3.63, 3.8) is 0 Å². The molecule has 0 saturated heterocycles. The number of carbonyl (C=O) groups excluding carboxylic acids is 1. The second kappa shape index (κ2) is 5.92. The highest BCUT2D eigenvalue weighted by Gasteiger charge is 2.42. The van der Waals surface area contributed by atoms with Gasteiger partial charge in [-0.25, -0.2) is 0 Å². The lowest BCUT2D eigenvalue weighted by Gasteiger charge is -2.17. The zero-order valence-corrected chi connectivity index (χ0v) is 12.4. The molecule has 104 valence electrons. The molecular weight excluding hydrogens is 310 g/mol. The molecule has 0 heterocycles. The highest BCUT2D eigenvalue weighted by Crippen LogP contribution is 2.44. The summed E-state index contributed by atoms with van der Waals surface area (Å²) in [6.07, 6.45) is 1.40. The Morgan fingerprint density at radius 3 is 2.89 bits per heavy atom. The van der Waals surface area contributed by atoms with E-state index < -0.39 is 6.10 Å². The molecule has 0 radical (unpaired) electrons. The minimum Gasteiger partial charge on any atom is -0.481 e. The molecule has 2 rings (SSSR count). The van der Waals surface area contributed by atoms with Gasteiger partial charge in [0.05, 0.1) is 6.61 Å². The van der Waals surface area contributed by atoms with Gasteiger partial charge < -0.3 is 15.2 Å². The van der Waals surface area contributed by atoms with Crippen LogP contribution in [-0.2, 0) is 4.79 Å². The molecule has 0 bridgehead atoms. The molecule has 1 unspecified atom stereocenters. The van der Waals surface area contributed by atoms with Crippen LogP contribution >= 0.6 is 15.9 Å². The molecule has 1 aromatic carbocycles. The first-order valence-electron chi connectivity index (χ1n) is 6.35. The van der Waals surface area contributed by atoms with Crippen molar-refractivity contribution in [3.8, 4) is 5.75 Å². The van der Waals surface area contributed by atoms with Crippen molar-refractivity contribution in [1.29, 1.82) is 0 Å². The van der Waals surface area contributed by atoms with Gasteiger partial charge in [0.1, 0.15) is 5.75 Å². The minimum absolute atomic E-state index is 0.0782. The SMILES string of the molecule is CC(Oc1cccc(Br)c1)C(=O)NCC1(CO)CC1. The van der Waals surface area contributed by atoms with E-state index in [-0.39, 0.29) is 17.9 Å². The molecule has 1 aromatic rings. The summed E-state index contributed by atoms with van der Waals surface area (Å²) in [5.74, 6) is 0.500. The third-order valence-corrected chi connectivity index (χ3v) is 3.90. The Labute approximate surface area is 121 Å². The van der Waals surface area contributed by atoms with Crippen molar-refractivity contribution < 1.29 is 14.6 Å². The smallest absolute Gasteiger partial charge is 0.260 e. The van der Waals surface area contributed by atoms with E-state index in [1.54, 1.807) is 6.92 Å². The van der Waals surface area contributed by atoms with Crippen LogP contribution in [0.1, 0.15) is 19.8 Å². The van der Waals surface area contributed by atoms with Gasteiger partial charge >= 0.3 is 0 Å². The largest absolute Gasteiger partial charge is 0.481 e. The van der Waals surface area contributed by atoms with E-state index in [0.717, 1.165) is 17.3 Å². The third-order valence-electron chi connectivity index (χ3n) is 3.41. The van der Waals surface area contributed by atoms with Gasteiger partial charge in [-0.15, -0.1) is 0 Å². The Kier molecular flexibility index (Phi) is 4.47. The molecule has 0 aromatic heterocycles. The second-order valence-corrected chi connectivity index (χ2v) is 6.01. The maximum absolute atomic E-state index is 11.9. The van der Waals surface area contributed by atoms with Gasteiger partial charge in [0, 0.05) is 16.4 Å². The lowest BCUT2D eigenvalue weighted by molar-refractivity contribution is -0.127. The van der Waals surface area contributed by atoms with Crippen LogP contribution in [0.3, 0.4) is 0 Å². The van der Waals surface area contributed by atoms with Crippen molar-refractivity contribution in [2.45, 2.75) is 25.9 Å². The van der Waals surface area contributed by atoms with Crippen LogP contribution in [0.5, 0.6) is 5.75 Å². The van der Waals surface area contributed by atoms with E-state index in [0.29, 0.717) is 12.3 Å². The molecule has 5 heteroatoms. The van der Waals surface area contributed by atoms with Crippen molar-refractivity contribution in [2.75, 3.05) is 13.2 Å². The van der Waals surface area contributed by atoms with E-state index in [9.17, 15) is 9.90 Å². The monoisotopic (exact) mass is 327 g/mol. The van der Waals surface area contributed by atoms with Gasteiger partial charge in [-0.05, 0) is 38.0 Å². The maximum Gasteiger partial charge on any atom is 0.260 e. The Hall–Kier alpha value is -1.07. The fourth-order valence-corrected chi connectivity index (χ4v) is 2.16. The summed E-state index contributed by atoms with van der Waals surface area (Å²) >= 11 is 3.36. The molecule has 1 fully saturated rings. The summed E-state index contributed by atoms with van der Waals surface area (Å²) in [4.78, 5) is 11.9. The van der Waals surface area contributed by atoms with E-state index in [1.165, 1.54) is 0 Å².